The van der Waals surface area contributed by atoms with Gasteiger partial charge in [0.15, 0.2) is 0 Å². The Bertz CT molecular complexity index is 542. The number of rotatable bonds is 7. The molecule has 108 valence electrons. The maximum atomic E-state index is 3.65. The molecule has 20 heavy (non-hydrogen) atoms. The molecule has 1 unspecified atom stereocenters. The van der Waals surface area contributed by atoms with Crippen LogP contribution in [0.15, 0.2) is 48.9 Å². The summed E-state index contributed by atoms with van der Waals surface area (Å²) < 4.78 is 2.35. The van der Waals surface area contributed by atoms with Crippen LogP contribution in [0.1, 0.15) is 24.9 Å². The maximum absolute atomic E-state index is 3.65. The highest BCUT2D eigenvalue weighted by Gasteiger charge is 2.15. The van der Waals surface area contributed by atoms with Crippen molar-refractivity contribution >= 4 is 55.0 Å². The summed E-state index contributed by atoms with van der Waals surface area (Å²) in [6, 6.07) is 8.87. The zero-order valence-electron chi connectivity index (χ0n) is 11.2. The van der Waals surface area contributed by atoms with Crippen LogP contribution in [0.5, 0.6) is 0 Å². The van der Waals surface area contributed by atoms with Gasteiger partial charge < -0.3 is 5.32 Å². The Morgan fingerprint density at radius 3 is 2.80 bits per heavy atom. The van der Waals surface area contributed by atoms with Crippen LogP contribution in [-0.2, 0) is 0 Å². The molecule has 0 saturated carbocycles. The summed E-state index contributed by atoms with van der Waals surface area (Å²) in [6.07, 6.45) is 1.15. The SMILES string of the molecule is CCCNC(CSc1cccc(Br)c1)c1cscc1Br. The molecule has 0 aliphatic carbocycles. The van der Waals surface area contributed by atoms with Gasteiger partial charge in [-0.05, 0) is 58.0 Å². The van der Waals surface area contributed by atoms with Gasteiger partial charge in [-0.15, -0.1) is 11.8 Å². The molecule has 1 nitrogen and oxygen atoms in total. The first-order chi connectivity index (χ1) is 9.70. The fourth-order valence-corrected chi connectivity index (χ4v) is 5.07. The highest BCUT2D eigenvalue weighted by atomic mass is 79.9. The van der Waals surface area contributed by atoms with Gasteiger partial charge >= 0.3 is 0 Å². The van der Waals surface area contributed by atoms with Crippen LogP contribution >= 0.6 is 55.0 Å². The lowest BCUT2D eigenvalue weighted by atomic mass is 10.2. The third kappa shape index (κ3) is 4.88. The molecule has 0 bridgehead atoms. The highest BCUT2D eigenvalue weighted by molar-refractivity contribution is 9.10. The molecule has 1 atom stereocenters. The van der Waals surface area contributed by atoms with Crippen molar-refractivity contribution < 1.29 is 0 Å². The lowest BCUT2D eigenvalue weighted by Gasteiger charge is -2.18. The molecule has 1 N–H and O–H groups in total. The van der Waals surface area contributed by atoms with Crippen molar-refractivity contribution in [1.82, 2.24) is 5.32 Å². The van der Waals surface area contributed by atoms with Crippen LogP contribution in [0.25, 0.3) is 0 Å². The predicted molar refractivity (Wildman–Crippen MR) is 97.9 cm³/mol. The summed E-state index contributed by atoms with van der Waals surface area (Å²) in [7, 11) is 0. The van der Waals surface area contributed by atoms with Crippen molar-refractivity contribution in [1.29, 1.82) is 0 Å². The Morgan fingerprint density at radius 2 is 2.15 bits per heavy atom. The summed E-state index contributed by atoms with van der Waals surface area (Å²) in [5.74, 6) is 1.03. The lowest BCUT2D eigenvalue weighted by Crippen LogP contribution is -2.24. The Hall–Kier alpha value is 0.190. The minimum absolute atomic E-state index is 0.388. The van der Waals surface area contributed by atoms with E-state index in [0.717, 1.165) is 23.2 Å². The van der Waals surface area contributed by atoms with Crippen LogP contribution in [0.2, 0.25) is 0 Å². The molecule has 2 aromatic rings. The monoisotopic (exact) mass is 433 g/mol. The Labute approximate surface area is 145 Å². The summed E-state index contributed by atoms with van der Waals surface area (Å²) in [5, 5.41) is 8.03. The quantitative estimate of drug-likeness (QED) is 0.527. The second kappa shape index (κ2) is 8.59. The Kier molecular flexibility index (Phi) is 7.11. The van der Waals surface area contributed by atoms with E-state index in [-0.39, 0.29) is 0 Å². The minimum atomic E-state index is 0.388. The molecule has 0 saturated heterocycles. The number of thioether (sulfide) groups is 1. The Balaban J connectivity index is 2.03. The lowest BCUT2D eigenvalue weighted by molar-refractivity contribution is 0.577. The van der Waals surface area contributed by atoms with Crippen LogP contribution in [0.4, 0.5) is 0 Å². The first-order valence-corrected chi connectivity index (χ1v) is 10.1. The number of halogens is 2. The fourth-order valence-electron chi connectivity index (χ4n) is 1.85. The van der Waals surface area contributed by atoms with E-state index in [4.69, 9.17) is 0 Å². The van der Waals surface area contributed by atoms with Crippen molar-refractivity contribution in [3.05, 3.63) is 49.5 Å². The second-order valence-electron chi connectivity index (χ2n) is 4.45. The van der Waals surface area contributed by atoms with Crippen molar-refractivity contribution in [2.75, 3.05) is 12.3 Å². The number of hydrogen-bond donors (Lipinski definition) is 1. The van der Waals surface area contributed by atoms with Gasteiger partial charge in [0.2, 0.25) is 0 Å². The molecule has 2 rings (SSSR count). The predicted octanol–water partition coefficient (Wildman–Crippen LogP) is 6.11. The van der Waals surface area contributed by atoms with Crippen LogP contribution in [0, 0.1) is 0 Å². The van der Waals surface area contributed by atoms with E-state index in [1.807, 2.05) is 11.8 Å². The van der Waals surface area contributed by atoms with Gasteiger partial charge in [0.1, 0.15) is 0 Å². The van der Waals surface area contributed by atoms with Gasteiger partial charge in [0, 0.05) is 31.0 Å². The molecular formula is C15H17Br2NS2. The first-order valence-electron chi connectivity index (χ1n) is 6.54. The average Bonchev–Trinajstić information content (AvgIpc) is 2.85. The molecule has 0 radical (unpaired) electrons. The van der Waals surface area contributed by atoms with Gasteiger partial charge in [-0.25, -0.2) is 0 Å². The highest BCUT2D eigenvalue weighted by Crippen LogP contribution is 2.32. The van der Waals surface area contributed by atoms with E-state index in [1.165, 1.54) is 14.9 Å². The zero-order valence-corrected chi connectivity index (χ0v) is 16.0. The van der Waals surface area contributed by atoms with E-state index < -0.39 is 0 Å². The number of hydrogen-bond acceptors (Lipinski definition) is 3. The molecule has 1 heterocycles. The smallest absolute Gasteiger partial charge is 0.0434 e. The number of nitrogens with one attached hydrogen (secondary N) is 1. The summed E-state index contributed by atoms with van der Waals surface area (Å²) in [6.45, 7) is 3.25. The molecule has 0 spiro atoms. The fraction of sp³-hybridized carbons (Fsp3) is 0.333. The maximum Gasteiger partial charge on any atom is 0.0434 e. The summed E-state index contributed by atoms with van der Waals surface area (Å²) in [5.41, 5.74) is 1.37. The van der Waals surface area contributed by atoms with Gasteiger partial charge in [0.25, 0.3) is 0 Å². The summed E-state index contributed by atoms with van der Waals surface area (Å²) in [4.78, 5) is 1.30. The molecule has 1 aromatic heterocycles. The molecule has 0 aliphatic heterocycles. The van der Waals surface area contributed by atoms with Crippen LogP contribution in [0.3, 0.4) is 0 Å². The third-order valence-electron chi connectivity index (χ3n) is 2.87. The van der Waals surface area contributed by atoms with Crippen molar-refractivity contribution in [3.8, 4) is 0 Å². The molecule has 0 amide bonds. The summed E-state index contributed by atoms with van der Waals surface area (Å²) >= 11 is 10.8. The topological polar surface area (TPSA) is 12.0 Å². The van der Waals surface area contributed by atoms with Gasteiger partial charge in [-0.1, -0.05) is 28.9 Å². The molecule has 1 aromatic carbocycles. The van der Waals surface area contributed by atoms with E-state index in [2.05, 4.69) is 79.1 Å². The van der Waals surface area contributed by atoms with E-state index in [1.54, 1.807) is 11.3 Å². The van der Waals surface area contributed by atoms with Crippen LogP contribution < -0.4 is 5.32 Å². The third-order valence-corrected chi connectivity index (χ3v) is 6.20. The van der Waals surface area contributed by atoms with Gasteiger partial charge in [0.05, 0.1) is 0 Å². The number of benzene rings is 1. The van der Waals surface area contributed by atoms with Crippen molar-refractivity contribution in [2.45, 2.75) is 24.3 Å². The minimum Gasteiger partial charge on any atom is -0.309 e. The molecule has 5 heteroatoms. The van der Waals surface area contributed by atoms with E-state index >= 15 is 0 Å². The number of thiophene rings is 1. The molecule has 0 fully saturated rings. The van der Waals surface area contributed by atoms with E-state index in [9.17, 15) is 0 Å². The normalized spacial score (nSPS) is 12.6. The van der Waals surface area contributed by atoms with Crippen molar-refractivity contribution in [2.24, 2.45) is 0 Å². The zero-order chi connectivity index (χ0) is 14.4. The van der Waals surface area contributed by atoms with Gasteiger partial charge in [-0.3, -0.25) is 0 Å². The average molecular weight is 435 g/mol. The van der Waals surface area contributed by atoms with E-state index in [0.29, 0.717) is 6.04 Å². The molecular weight excluding hydrogens is 418 g/mol. The largest absolute Gasteiger partial charge is 0.309 e. The van der Waals surface area contributed by atoms with Crippen LogP contribution in [-0.4, -0.2) is 12.3 Å². The van der Waals surface area contributed by atoms with Gasteiger partial charge in [-0.2, -0.15) is 11.3 Å². The Morgan fingerprint density at radius 1 is 1.30 bits per heavy atom. The molecule has 0 aliphatic rings. The standard InChI is InChI=1S/C15H17Br2NS2/c1-2-6-18-15(13-8-19-9-14(13)17)10-20-12-5-3-4-11(16)7-12/h3-5,7-9,15,18H,2,6,10H2,1H3. The first kappa shape index (κ1) is 16.6. The second-order valence-corrected chi connectivity index (χ2v) is 8.06. The van der Waals surface area contributed by atoms with Crippen molar-refractivity contribution in [3.63, 3.8) is 0 Å².